The largest absolute Gasteiger partial charge is 0.507 e. The summed E-state index contributed by atoms with van der Waals surface area (Å²) < 4.78 is 11.5. The summed E-state index contributed by atoms with van der Waals surface area (Å²) in [5.74, 6) is 7.20. The van der Waals surface area contributed by atoms with Crippen molar-refractivity contribution in [3.8, 4) is 29.1 Å². The van der Waals surface area contributed by atoms with Gasteiger partial charge in [-0.2, -0.15) is 0 Å². The van der Waals surface area contributed by atoms with Crippen molar-refractivity contribution in [1.29, 1.82) is 0 Å². The van der Waals surface area contributed by atoms with Crippen LogP contribution in [0.2, 0.25) is 0 Å². The second-order valence-electron chi connectivity index (χ2n) is 10.7. The molecule has 0 aliphatic heterocycles. The van der Waals surface area contributed by atoms with Gasteiger partial charge in [-0.25, -0.2) is 4.79 Å². The molecule has 0 amide bonds. The fourth-order valence-electron chi connectivity index (χ4n) is 4.44. The minimum Gasteiger partial charge on any atom is -0.507 e. The van der Waals surface area contributed by atoms with Gasteiger partial charge >= 0.3 is 5.97 Å². The molecular formula is C37H45NO4. The van der Waals surface area contributed by atoms with Crippen LogP contribution in [0.5, 0.6) is 17.2 Å². The van der Waals surface area contributed by atoms with Gasteiger partial charge in [0.25, 0.3) is 0 Å². The van der Waals surface area contributed by atoms with E-state index in [1.165, 1.54) is 44.9 Å². The topological polar surface area (TPSA) is 68.1 Å². The number of carbonyl (C=O) groups is 1. The maximum absolute atomic E-state index is 12.6. The van der Waals surface area contributed by atoms with Gasteiger partial charge in [-0.15, -0.1) is 0 Å². The van der Waals surface area contributed by atoms with Crippen LogP contribution in [0.4, 0.5) is 5.69 Å². The van der Waals surface area contributed by atoms with Crippen LogP contribution in [-0.4, -0.2) is 23.4 Å². The average Bonchev–Trinajstić information content (AvgIpc) is 2.99. The molecule has 3 aromatic carbocycles. The third-order valence-corrected chi connectivity index (χ3v) is 6.96. The Morgan fingerprint density at radius 2 is 1.52 bits per heavy atom. The second kappa shape index (κ2) is 18.4. The highest BCUT2D eigenvalue weighted by Crippen LogP contribution is 2.22. The molecule has 5 nitrogen and oxygen atoms in total. The van der Waals surface area contributed by atoms with Gasteiger partial charge in [0.05, 0.1) is 17.4 Å². The third-order valence-electron chi connectivity index (χ3n) is 6.96. The van der Waals surface area contributed by atoms with Crippen molar-refractivity contribution >= 4 is 17.9 Å². The summed E-state index contributed by atoms with van der Waals surface area (Å²) in [5.41, 5.74) is 2.52. The molecule has 3 rings (SSSR count). The van der Waals surface area contributed by atoms with E-state index in [9.17, 15) is 9.90 Å². The molecular weight excluding hydrogens is 522 g/mol. The number of esters is 1. The van der Waals surface area contributed by atoms with Gasteiger partial charge in [0, 0.05) is 23.8 Å². The first kappa shape index (κ1) is 32.5. The van der Waals surface area contributed by atoms with E-state index < -0.39 is 5.97 Å². The summed E-state index contributed by atoms with van der Waals surface area (Å²) >= 11 is 0. The fraction of sp³-hybridized carbons (Fsp3) is 0.405. The van der Waals surface area contributed by atoms with E-state index in [0.29, 0.717) is 22.6 Å². The number of hydrogen-bond donors (Lipinski definition) is 1. The molecule has 1 N–H and O–H groups in total. The molecule has 0 spiro atoms. The molecule has 222 valence electrons. The molecule has 0 aliphatic rings. The van der Waals surface area contributed by atoms with Gasteiger partial charge in [0.15, 0.2) is 0 Å². The number of phenols is 1. The van der Waals surface area contributed by atoms with Crippen LogP contribution in [0.3, 0.4) is 0 Å². The molecule has 0 aromatic heterocycles. The molecule has 0 fully saturated rings. The van der Waals surface area contributed by atoms with E-state index in [1.54, 1.807) is 60.8 Å². The number of aliphatic imine (C=N–C) groups is 1. The van der Waals surface area contributed by atoms with Gasteiger partial charge in [-0.1, -0.05) is 70.6 Å². The van der Waals surface area contributed by atoms with Crippen molar-refractivity contribution in [3.63, 3.8) is 0 Å². The lowest BCUT2D eigenvalue weighted by Gasteiger charge is -2.14. The Kier molecular flexibility index (Phi) is 14.2. The number of carbonyl (C=O) groups excluding carboxylic acids is 1. The standard InChI is InChI=1S/C37H45NO4/c1-4-6-8-10-11-12-14-16-30-17-18-32(36(39)27-30)28-38-33-21-25-35(26-22-33)42-37(40)31-19-23-34(24-20-31)41-29(3)15-13-9-7-5-2/h17-29,39H,4-13,15H2,1-3H3. The Labute approximate surface area is 252 Å². The first-order chi connectivity index (χ1) is 20.5. The molecule has 1 atom stereocenters. The van der Waals surface area contributed by atoms with Crippen molar-refractivity contribution in [1.82, 2.24) is 0 Å². The Balaban J connectivity index is 1.47. The summed E-state index contributed by atoms with van der Waals surface area (Å²) in [6, 6.07) is 19.3. The zero-order valence-corrected chi connectivity index (χ0v) is 25.4. The van der Waals surface area contributed by atoms with Crippen molar-refractivity contribution in [2.45, 2.75) is 97.5 Å². The summed E-state index contributed by atoms with van der Waals surface area (Å²) in [7, 11) is 0. The molecule has 0 saturated heterocycles. The van der Waals surface area contributed by atoms with E-state index in [4.69, 9.17) is 9.47 Å². The number of rotatable bonds is 16. The number of aromatic hydroxyl groups is 1. The fourth-order valence-corrected chi connectivity index (χ4v) is 4.44. The second-order valence-corrected chi connectivity index (χ2v) is 10.7. The third kappa shape index (κ3) is 11.8. The van der Waals surface area contributed by atoms with E-state index in [2.05, 4.69) is 37.6 Å². The molecule has 0 heterocycles. The van der Waals surface area contributed by atoms with E-state index in [0.717, 1.165) is 37.0 Å². The van der Waals surface area contributed by atoms with Crippen molar-refractivity contribution in [3.05, 3.63) is 83.4 Å². The van der Waals surface area contributed by atoms with Crippen LogP contribution < -0.4 is 9.47 Å². The summed E-state index contributed by atoms with van der Waals surface area (Å²) in [4.78, 5) is 17.1. The van der Waals surface area contributed by atoms with E-state index in [1.807, 2.05) is 12.1 Å². The summed E-state index contributed by atoms with van der Waals surface area (Å²) in [6.07, 6.45) is 14.6. The van der Waals surface area contributed by atoms with E-state index >= 15 is 0 Å². The predicted molar refractivity (Wildman–Crippen MR) is 172 cm³/mol. The number of nitrogens with zero attached hydrogens (tertiary/aromatic N) is 1. The molecule has 0 radical (unpaired) electrons. The Morgan fingerprint density at radius 3 is 2.21 bits per heavy atom. The Bertz CT molecular complexity index is 1320. The van der Waals surface area contributed by atoms with Gasteiger partial charge in [0.1, 0.15) is 17.2 Å². The van der Waals surface area contributed by atoms with Gasteiger partial charge in [-0.3, -0.25) is 4.99 Å². The zero-order valence-electron chi connectivity index (χ0n) is 25.4. The van der Waals surface area contributed by atoms with Crippen LogP contribution in [0, 0.1) is 11.8 Å². The van der Waals surface area contributed by atoms with E-state index in [-0.39, 0.29) is 11.9 Å². The Hall–Kier alpha value is -4.04. The number of ether oxygens (including phenoxy) is 2. The van der Waals surface area contributed by atoms with Crippen molar-refractivity contribution < 1.29 is 19.4 Å². The van der Waals surface area contributed by atoms with Crippen molar-refractivity contribution in [2.75, 3.05) is 0 Å². The maximum atomic E-state index is 12.6. The monoisotopic (exact) mass is 567 g/mol. The van der Waals surface area contributed by atoms with Crippen LogP contribution in [0.1, 0.15) is 113 Å². The van der Waals surface area contributed by atoms with Crippen LogP contribution in [-0.2, 0) is 0 Å². The van der Waals surface area contributed by atoms with Gasteiger partial charge in [0.2, 0.25) is 0 Å². The van der Waals surface area contributed by atoms with Crippen LogP contribution in [0.15, 0.2) is 71.7 Å². The highest BCUT2D eigenvalue weighted by atomic mass is 16.5. The lowest BCUT2D eigenvalue weighted by atomic mass is 10.1. The molecule has 0 saturated carbocycles. The van der Waals surface area contributed by atoms with Gasteiger partial charge < -0.3 is 14.6 Å². The van der Waals surface area contributed by atoms with Crippen molar-refractivity contribution in [2.24, 2.45) is 4.99 Å². The maximum Gasteiger partial charge on any atom is 0.343 e. The molecule has 0 bridgehead atoms. The normalized spacial score (nSPS) is 11.6. The smallest absolute Gasteiger partial charge is 0.343 e. The average molecular weight is 568 g/mol. The first-order valence-corrected chi connectivity index (χ1v) is 15.4. The highest BCUT2D eigenvalue weighted by molar-refractivity contribution is 5.91. The van der Waals surface area contributed by atoms with Crippen LogP contribution in [0.25, 0.3) is 0 Å². The minimum atomic E-state index is -0.435. The zero-order chi connectivity index (χ0) is 30.0. The molecule has 1 unspecified atom stereocenters. The summed E-state index contributed by atoms with van der Waals surface area (Å²) in [6.45, 7) is 6.50. The highest BCUT2D eigenvalue weighted by Gasteiger charge is 2.10. The number of unbranched alkanes of at least 4 members (excludes halogenated alkanes) is 8. The number of hydrogen-bond acceptors (Lipinski definition) is 5. The molecule has 0 aliphatic carbocycles. The minimum absolute atomic E-state index is 0.136. The SMILES string of the molecule is CCCCCCCC#Cc1ccc(C=Nc2ccc(OC(=O)c3ccc(OC(C)CCCCCC)cc3)cc2)c(O)c1. The molecule has 5 heteroatoms. The first-order valence-electron chi connectivity index (χ1n) is 15.4. The molecule has 3 aromatic rings. The predicted octanol–water partition coefficient (Wildman–Crippen LogP) is 9.81. The lowest BCUT2D eigenvalue weighted by molar-refractivity contribution is 0.0734. The Morgan fingerprint density at radius 1 is 0.857 bits per heavy atom. The quantitative estimate of drug-likeness (QED) is 0.0615. The lowest BCUT2D eigenvalue weighted by Crippen LogP contribution is -2.12. The van der Waals surface area contributed by atoms with Crippen LogP contribution >= 0.6 is 0 Å². The molecule has 42 heavy (non-hydrogen) atoms. The summed E-state index contributed by atoms with van der Waals surface area (Å²) in [5, 5.41) is 10.4. The van der Waals surface area contributed by atoms with Gasteiger partial charge in [-0.05, 0) is 92.9 Å². The number of benzene rings is 3. The number of phenolic OH excluding ortho intramolecular Hbond substituents is 1.